The van der Waals surface area contributed by atoms with Crippen molar-refractivity contribution in [3.8, 4) is 0 Å². The number of urea groups is 1. The van der Waals surface area contributed by atoms with E-state index in [0.29, 0.717) is 18.4 Å². The zero-order chi connectivity index (χ0) is 14.3. The first-order chi connectivity index (χ1) is 9.02. The van der Waals surface area contributed by atoms with Crippen LogP contribution in [0.15, 0.2) is 17.5 Å². The van der Waals surface area contributed by atoms with Gasteiger partial charge in [-0.15, -0.1) is 11.3 Å². The third-order valence-electron chi connectivity index (χ3n) is 2.91. The molecular formula is C14H24N2O2S. The van der Waals surface area contributed by atoms with Crippen molar-refractivity contribution in [1.82, 2.24) is 10.6 Å². The second-order valence-electron chi connectivity index (χ2n) is 5.28. The minimum atomic E-state index is -0.205. The van der Waals surface area contributed by atoms with Crippen LogP contribution in [-0.4, -0.2) is 30.3 Å². The molecule has 1 heterocycles. The Hall–Kier alpha value is -1.07. The van der Waals surface area contributed by atoms with Gasteiger partial charge in [0.15, 0.2) is 0 Å². The van der Waals surface area contributed by atoms with Gasteiger partial charge in [0.2, 0.25) is 0 Å². The maximum atomic E-state index is 11.7. The lowest BCUT2D eigenvalue weighted by Crippen LogP contribution is -2.45. The minimum Gasteiger partial charge on any atom is -0.394 e. The summed E-state index contributed by atoms with van der Waals surface area (Å²) in [5.74, 6) is 0.755. The molecule has 0 aromatic carbocycles. The summed E-state index contributed by atoms with van der Waals surface area (Å²) in [5, 5.41) is 16.9. The summed E-state index contributed by atoms with van der Waals surface area (Å²) in [5.41, 5.74) is 0. The predicted molar refractivity (Wildman–Crippen MR) is 79.6 cm³/mol. The molecule has 2 amide bonds. The van der Waals surface area contributed by atoms with Crippen LogP contribution in [0, 0.1) is 5.92 Å². The van der Waals surface area contributed by atoms with E-state index < -0.39 is 0 Å². The molecule has 0 aliphatic rings. The van der Waals surface area contributed by atoms with Gasteiger partial charge >= 0.3 is 6.03 Å². The molecule has 0 aliphatic heterocycles. The van der Waals surface area contributed by atoms with E-state index in [1.807, 2.05) is 11.4 Å². The molecule has 19 heavy (non-hydrogen) atoms. The van der Waals surface area contributed by atoms with E-state index >= 15 is 0 Å². The van der Waals surface area contributed by atoms with E-state index in [1.54, 1.807) is 11.3 Å². The minimum absolute atomic E-state index is 0.0217. The standard InChI is InChI=1S/C14H24N2O2S/c1-10(2)7-12(9-17)16-14(18)15-8-11(3)13-5-4-6-19-13/h4-6,10-12,17H,7-9H2,1-3H3,(H2,15,16,18)/t11-,12+/m1/s1. The van der Waals surface area contributed by atoms with Crippen LogP contribution >= 0.6 is 11.3 Å². The Kier molecular flexibility index (Phi) is 6.87. The van der Waals surface area contributed by atoms with Crippen molar-refractivity contribution in [2.45, 2.75) is 39.2 Å². The maximum absolute atomic E-state index is 11.7. The molecular weight excluding hydrogens is 260 g/mol. The number of carbonyl (C=O) groups excluding carboxylic acids is 1. The molecule has 0 aliphatic carbocycles. The van der Waals surface area contributed by atoms with Gasteiger partial charge in [-0.2, -0.15) is 0 Å². The summed E-state index contributed by atoms with van der Waals surface area (Å²) in [4.78, 5) is 13.0. The highest BCUT2D eigenvalue weighted by molar-refractivity contribution is 7.10. The number of nitrogens with one attached hydrogen (secondary N) is 2. The van der Waals surface area contributed by atoms with Crippen molar-refractivity contribution in [3.05, 3.63) is 22.4 Å². The molecule has 1 aromatic rings. The number of rotatable bonds is 7. The Morgan fingerprint density at radius 1 is 1.42 bits per heavy atom. The van der Waals surface area contributed by atoms with Crippen LogP contribution in [-0.2, 0) is 0 Å². The molecule has 0 unspecified atom stereocenters. The van der Waals surface area contributed by atoms with Crippen molar-refractivity contribution in [3.63, 3.8) is 0 Å². The highest BCUT2D eigenvalue weighted by Crippen LogP contribution is 2.19. The largest absolute Gasteiger partial charge is 0.394 e. The molecule has 0 saturated heterocycles. The van der Waals surface area contributed by atoms with Gasteiger partial charge in [-0.1, -0.05) is 26.8 Å². The molecule has 0 radical (unpaired) electrons. The van der Waals surface area contributed by atoms with E-state index in [-0.39, 0.29) is 18.7 Å². The summed E-state index contributed by atoms with van der Waals surface area (Å²) < 4.78 is 0. The lowest BCUT2D eigenvalue weighted by atomic mass is 10.0. The fourth-order valence-corrected chi connectivity index (χ4v) is 2.69. The summed E-state index contributed by atoms with van der Waals surface area (Å²) in [6.07, 6.45) is 0.782. The van der Waals surface area contributed by atoms with E-state index in [1.165, 1.54) is 4.88 Å². The van der Waals surface area contributed by atoms with Gasteiger partial charge in [0.05, 0.1) is 12.6 Å². The molecule has 108 valence electrons. The molecule has 4 nitrogen and oxygen atoms in total. The number of aliphatic hydroxyl groups is 1. The quantitative estimate of drug-likeness (QED) is 0.720. The van der Waals surface area contributed by atoms with Gasteiger partial charge < -0.3 is 15.7 Å². The smallest absolute Gasteiger partial charge is 0.315 e. The average molecular weight is 284 g/mol. The number of aliphatic hydroxyl groups excluding tert-OH is 1. The van der Waals surface area contributed by atoms with Crippen molar-refractivity contribution >= 4 is 17.4 Å². The molecule has 0 spiro atoms. The van der Waals surface area contributed by atoms with E-state index in [0.717, 1.165) is 6.42 Å². The van der Waals surface area contributed by atoms with Crippen LogP contribution in [0.2, 0.25) is 0 Å². The first-order valence-electron chi connectivity index (χ1n) is 6.71. The van der Waals surface area contributed by atoms with Gasteiger partial charge in [-0.05, 0) is 23.8 Å². The van der Waals surface area contributed by atoms with Gasteiger partial charge in [0.1, 0.15) is 0 Å². The maximum Gasteiger partial charge on any atom is 0.315 e. The van der Waals surface area contributed by atoms with Crippen molar-refractivity contribution in [2.24, 2.45) is 5.92 Å². The van der Waals surface area contributed by atoms with Gasteiger partial charge in [-0.25, -0.2) is 4.79 Å². The van der Waals surface area contributed by atoms with Gasteiger partial charge in [0.25, 0.3) is 0 Å². The number of hydrogen-bond acceptors (Lipinski definition) is 3. The molecule has 5 heteroatoms. The topological polar surface area (TPSA) is 61.4 Å². The fraction of sp³-hybridized carbons (Fsp3) is 0.643. The van der Waals surface area contributed by atoms with Crippen LogP contribution in [0.5, 0.6) is 0 Å². The molecule has 3 N–H and O–H groups in total. The average Bonchev–Trinajstić information content (AvgIpc) is 2.88. The van der Waals surface area contributed by atoms with E-state index in [2.05, 4.69) is 37.5 Å². The van der Waals surface area contributed by atoms with Crippen LogP contribution < -0.4 is 10.6 Å². The number of hydrogen-bond donors (Lipinski definition) is 3. The summed E-state index contributed by atoms with van der Waals surface area (Å²) in [6.45, 7) is 6.81. The molecule has 0 bridgehead atoms. The first-order valence-corrected chi connectivity index (χ1v) is 7.59. The second-order valence-corrected chi connectivity index (χ2v) is 6.26. The second kappa shape index (κ2) is 8.17. The number of carbonyl (C=O) groups is 1. The van der Waals surface area contributed by atoms with Gasteiger partial charge in [0, 0.05) is 17.3 Å². The third-order valence-corrected chi connectivity index (χ3v) is 4.01. The Morgan fingerprint density at radius 3 is 2.68 bits per heavy atom. The highest BCUT2D eigenvalue weighted by Gasteiger charge is 2.14. The number of thiophene rings is 1. The Morgan fingerprint density at radius 2 is 2.16 bits per heavy atom. The zero-order valence-electron chi connectivity index (χ0n) is 11.8. The highest BCUT2D eigenvalue weighted by atomic mass is 32.1. The van der Waals surface area contributed by atoms with Crippen LogP contribution in [0.1, 0.15) is 38.0 Å². The van der Waals surface area contributed by atoms with Crippen molar-refractivity contribution in [2.75, 3.05) is 13.2 Å². The molecule has 1 rings (SSSR count). The summed E-state index contributed by atoms with van der Waals surface area (Å²) in [7, 11) is 0. The third kappa shape index (κ3) is 6.07. The molecule has 2 atom stereocenters. The van der Waals surface area contributed by atoms with Gasteiger partial charge in [-0.3, -0.25) is 0 Å². The Balaban J connectivity index is 2.30. The predicted octanol–water partition coefficient (Wildman–Crippen LogP) is 2.56. The lowest BCUT2D eigenvalue weighted by molar-refractivity contribution is 0.206. The Bertz CT molecular complexity index is 366. The normalized spacial score (nSPS) is 14.2. The van der Waals surface area contributed by atoms with Crippen molar-refractivity contribution in [1.29, 1.82) is 0 Å². The van der Waals surface area contributed by atoms with Crippen LogP contribution in [0.3, 0.4) is 0 Å². The lowest BCUT2D eigenvalue weighted by Gasteiger charge is -2.19. The zero-order valence-corrected chi connectivity index (χ0v) is 12.7. The Labute approximate surface area is 119 Å². The summed E-state index contributed by atoms with van der Waals surface area (Å²) in [6, 6.07) is 3.71. The fourth-order valence-electron chi connectivity index (χ4n) is 1.90. The summed E-state index contributed by atoms with van der Waals surface area (Å²) >= 11 is 1.70. The van der Waals surface area contributed by atoms with E-state index in [9.17, 15) is 9.90 Å². The first kappa shape index (κ1) is 16.0. The molecule has 1 aromatic heterocycles. The van der Waals surface area contributed by atoms with Crippen molar-refractivity contribution < 1.29 is 9.90 Å². The van der Waals surface area contributed by atoms with E-state index in [4.69, 9.17) is 0 Å². The monoisotopic (exact) mass is 284 g/mol. The number of amides is 2. The van der Waals surface area contributed by atoms with Crippen LogP contribution in [0.25, 0.3) is 0 Å². The SMILES string of the molecule is CC(C)C[C@@H](CO)NC(=O)NC[C@@H](C)c1cccs1. The van der Waals surface area contributed by atoms with Crippen LogP contribution in [0.4, 0.5) is 4.79 Å². The molecule has 0 saturated carbocycles. The molecule has 0 fully saturated rings.